The Labute approximate surface area is 211 Å². The highest BCUT2D eigenvalue weighted by Crippen LogP contribution is 2.35. The molecule has 3 aromatic carbocycles. The SMILES string of the molecule is COc1cccc(NNC(=O)[C@@H]2CC(=O)N(c3ccc(Cl)cc3)C2)c1OCc1ccc(Br)cc1. The van der Waals surface area contributed by atoms with E-state index >= 15 is 0 Å². The van der Waals surface area contributed by atoms with E-state index in [2.05, 4.69) is 26.8 Å². The van der Waals surface area contributed by atoms with Gasteiger partial charge >= 0.3 is 0 Å². The number of carbonyl (C=O) groups is 2. The van der Waals surface area contributed by atoms with E-state index in [0.717, 1.165) is 10.0 Å². The molecule has 1 atom stereocenters. The van der Waals surface area contributed by atoms with Gasteiger partial charge in [-0.15, -0.1) is 0 Å². The van der Waals surface area contributed by atoms with Gasteiger partial charge in [-0.25, -0.2) is 0 Å². The number of carbonyl (C=O) groups excluding carboxylic acids is 2. The number of anilines is 2. The second kappa shape index (κ2) is 10.8. The van der Waals surface area contributed by atoms with Crippen molar-refractivity contribution >= 4 is 50.7 Å². The Morgan fingerprint density at radius 1 is 1.12 bits per heavy atom. The monoisotopic (exact) mass is 543 g/mol. The molecule has 0 radical (unpaired) electrons. The smallest absolute Gasteiger partial charge is 0.243 e. The number of ether oxygens (including phenoxy) is 2. The van der Waals surface area contributed by atoms with Crippen LogP contribution in [-0.4, -0.2) is 25.5 Å². The summed E-state index contributed by atoms with van der Waals surface area (Å²) in [7, 11) is 1.56. The first-order valence-electron chi connectivity index (χ1n) is 10.6. The molecule has 1 fully saturated rings. The maximum Gasteiger partial charge on any atom is 0.243 e. The van der Waals surface area contributed by atoms with Crippen LogP contribution in [0.4, 0.5) is 11.4 Å². The summed E-state index contributed by atoms with van der Waals surface area (Å²) >= 11 is 9.36. The molecule has 1 aliphatic rings. The first kappa shape index (κ1) is 23.9. The summed E-state index contributed by atoms with van der Waals surface area (Å²) in [6.07, 6.45) is 0.126. The van der Waals surface area contributed by atoms with Gasteiger partial charge in [-0.2, -0.15) is 0 Å². The molecular weight excluding hydrogens is 522 g/mol. The predicted molar refractivity (Wildman–Crippen MR) is 135 cm³/mol. The molecule has 9 heteroatoms. The van der Waals surface area contributed by atoms with Crippen molar-refractivity contribution in [3.63, 3.8) is 0 Å². The van der Waals surface area contributed by atoms with E-state index < -0.39 is 5.92 Å². The average Bonchev–Trinajstić information content (AvgIpc) is 3.24. The molecule has 3 aromatic rings. The minimum absolute atomic E-state index is 0.109. The van der Waals surface area contributed by atoms with Crippen LogP contribution in [0.3, 0.4) is 0 Å². The largest absolute Gasteiger partial charge is 0.493 e. The van der Waals surface area contributed by atoms with Crippen LogP contribution in [0, 0.1) is 5.92 Å². The second-order valence-electron chi connectivity index (χ2n) is 7.75. The number of para-hydroxylation sites is 1. The molecule has 0 spiro atoms. The number of hydrogen-bond acceptors (Lipinski definition) is 5. The van der Waals surface area contributed by atoms with Crippen LogP contribution in [0.25, 0.3) is 0 Å². The Kier molecular flexibility index (Phi) is 7.59. The quantitative estimate of drug-likeness (QED) is 0.382. The third-order valence-corrected chi connectivity index (χ3v) is 6.23. The number of amides is 2. The molecule has 2 amide bonds. The van der Waals surface area contributed by atoms with Crippen molar-refractivity contribution in [1.29, 1.82) is 0 Å². The Morgan fingerprint density at radius 3 is 2.56 bits per heavy atom. The van der Waals surface area contributed by atoms with E-state index in [9.17, 15) is 9.59 Å². The zero-order valence-electron chi connectivity index (χ0n) is 18.4. The maximum absolute atomic E-state index is 12.8. The fourth-order valence-electron chi connectivity index (χ4n) is 3.64. The van der Waals surface area contributed by atoms with Crippen LogP contribution in [0.15, 0.2) is 71.2 Å². The van der Waals surface area contributed by atoms with E-state index in [4.69, 9.17) is 21.1 Å². The van der Waals surface area contributed by atoms with Gasteiger partial charge in [0.2, 0.25) is 11.8 Å². The number of nitrogens with one attached hydrogen (secondary N) is 2. The first-order chi connectivity index (χ1) is 16.4. The Morgan fingerprint density at radius 2 is 1.85 bits per heavy atom. The molecule has 7 nitrogen and oxygen atoms in total. The lowest BCUT2D eigenvalue weighted by Crippen LogP contribution is -2.36. The molecule has 0 bridgehead atoms. The minimum Gasteiger partial charge on any atom is -0.493 e. The lowest BCUT2D eigenvalue weighted by molar-refractivity contribution is -0.125. The first-order valence-corrected chi connectivity index (χ1v) is 11.8. The van der Waals surface area contributed by atoms with Crippen LogP contribution >= 0.6 is 27.5 Å². The molecule has 176 valence electrons. The molecule has 1 aliphatic heterocycles. The van der Waals surface area contributed by atoms with Gasteiger partial charge in [0.1, 0.15) is 6.61 Å². The summed E-state index contributed by atoms with van der Waals surface area (Å²) in [4.78, 5) is 26.9. The van der Waals surface area contributed by atoms with Gasteiger partial charge in [-0.3, -0.25) is 20.4 Å². The van der Waals surface area contributed by atoms with Crippen LogP contribution in [0.5, 0.6) is 11.5 Å². The second-order valence-corrected chi connectivity index (χ2v) is 9.10. The number of benzene rings is 3. The minimum atomic E-state index is -0.492. The van der Waals surface area contributed by atoms with Gasteiger partial charge in [0.05, 0.1) is 18.7 Å². The molecule has 4 rings (SSSR count). The molecule has 34 heavy (non-hydrogen) atoms. The summed E-state index contributed by atoms with van der Waals surface area (Å²) < 4.78 is 12.4. The number of rotatable bonds is 8. The summed E-state index contributed by atoms with van der Waals surface area (Å²) in [5, 5.41) is 0.588. The van der Waals surface area contributed by atoms with Crippen LogP contribution in [0.2, 0.25) is 5.02 Å². The Bertz CT molecular complexity index is 1170. The molecule has 1 heterocycles. The highest BCUT2D eigenvalue weighted by atomic mass is 79.9. The van der Waals surface area contributed by atoms with Crippen molar-refractivity contribution < 1.29 is 19.1 Å². The van der Waals surface area contributed by atoms with Crippen molar-refractivity contribution in [1.82, 2.24) is 5.43 Å². The summed E-state index contributed by atoms with van der Waals surface area (Å²) in [5.74, 6) is 0.113. The van der Waals surface area contributed by atoms with Gasteiger partial charge in [-0.1, -0.05) is 45.7 Å². The third-order valence-electron chi connectivity index (χ3n) is 5.45. The van der Waals surface area contributed by atoms with E-state index in [-0.39, 0.29) is 18.2 Å². The molecule has 0 saturated carbocycles. The van der Waals surface area contributed by atoms with Crippen molar-refractivity contribution in [3.05, 3.63) is 81.8 Å². The fraction of sp³-hybridized carbons (Fsp3) is 0.200. The highest BCUT2D eigenvalue weighted by Gasteiger charge is 2.35. The van der Waals surface area contributed by atoms with Crippen molar-refractivity contribution in [3.8, 4) is 11.5 Å². The molecular formula is C25H23BrClN3O4. The molecule has 0 unspecified atom stereocenters. The van der Waals surface area contributed by atoms with Gasteiger partial charge in [0.25, 0.3) is 0 Å². The number of halogens is 2. The van der Waals surface area contributed by atoms with Crippen molar-refractivity contribution in [2.24, 2.45) is 5.92 Å². The molecule has 0 aliphatic carbocycles. The van der Waals surface area contributed by atoms with Crippen molar-refractivity contribution in [2.75, 3.05) is 24.0 Å². The Hall–Kier alpha value is -3.23. The number of hydrogen-bond donors (Lipinski definition) is 2. The molecule has 0 aromatic heterocycles. The normalized spacial score (nSPS) is 15.2. The maximum atomic E-state index is 12.8. The molecule has 1 saturated heterocycles. The number of methoxy groups -OCH3 is 1. The lowest BCUT2D eigenvalue weighted by Gasteiger charge is -2.19. The van der Waals surface area contributed by atoms with Crippen LogP contribution < -0.4 is 25.2 Å². The lowest BCUT2D eigenvalue weighted by atomic mass is 10.1. The van der Waals surface area contributed by atoms with Gasteiger partial charge in [0.15, 0.2) is 11.5 Å². The van der Waals surface area contributed by atoms with Gasteiger partial charge < -0.3 is 14.4 Å². The molecule has 2 N–H and O–H groups in total. The summed E-state index contributed by atoms with van der Waals surface area (Å²) in [6, 6.07) is 20.1. The summed E-state index contributed by atoms with van der Waals surface area (Å²) in [6.45, 7) is 0.614. The topological polar surface area (TPSA) is 79.9 Å². The van der Waals surface area contributed by atoms with Crippen molar-refractivity contribution in [2.45, 2.75) is 13.0 Å². The van der Waals surface area contributed by atoms with E-state index in [1.807, 2.05) is 24.3 Å². The fourth-order valence-corrected chi connectivity index (χ4v) is 4.04. The average molecular weight is 545 g/mol. The standard InChI is InChI=1S/C25H23BrClN3O4/c1-33-22-4-2-3-21(24(22)34-15-16-5-7-18(26)8-6-16)28-29-25(32)17-13-23(31)30(14-17)20-11-9-19(27)10-12-20/h2-12,17,28H,13-15H2,1H3,(H,29,32)/t17-/m1/s1. The summed E-state index contributed by atoms with van der Waals surface area (Å²) in [5.41, 5.74) is 7.88. The van der Waals surface area contributed by atoms with E-state index in [0.29, 0.717) is 41.0 Å². The van der Waals surface area contributed by atoms with E-state index in [1.165, 1.54) is 0 Å². The van der Waals surface area contributed by atoms with Crippen LogP contribution in [0.1, 0.15) is 12.0 Å². The predicted octanol–water partition coefficient (Wildman–Crippen LogP) is 5.19. The number of nitrogens with zero attached hydrogens (tertiary/aromatic N) is 1. The van der Waals surface area contributed by atoms with E-state index in [1.54, 1.807) is 54.5 Å². The van der Waals surface area contributed by atoms with Crippen LogP contribution in [-0.2, 0) is 16.2 Å². The zero-order valence-corrected chi connectivity index (χ0v) is 20.7. The third kappa shape index (κ3) is 5.63. The Balaban J connectivity index is 1.40. The van der Waals surface area contributed by atoms with Gasteiger partial charge in [0, 0.05) is 28.1 Å². The number of hydrazine groups is 1. The van der Waals surface area contributed by atoms with Gasteiger partial charge in [-0.05, 0) is 54.1 Å². The highest BCUT2D eigenvalue weighted by molar-refractivity contribution is 9.10. The zero-order chi connectivity index (χ0) is 24.1.